The quantitative estimate of drug-likeness (QED) is 0.184. The van der Waals surface area contributed by atoms with E-state index in [1.54, 1.807) is 24.3 Å². The topological polar surface area (TPSA) is 138 Å². The van der Waals surface area contributed by atoms with Crippen LogP contribution in [0.5, 0.6) is 0 Å². The van der Waals surface area contributed by atoms with E-state index in [-0.39, 0.29) is 79.7 Å². The third-order valence-corrected chi connectivity index (χ3v) is 9.56. The molecule has 0 aliphatic heterocycles. The second-order valence-electron chi connectivity index (χ2n) is 7.11. The van der Waals surface area contributed by atoms with Crippen molar-refractivity contribution in [2.24, 2.45) is 0 Å². The molecule has 4 aromatic carbocycles. The maximum Gasteiger partial charge on any atom is 2.00 e. The van der Waals surface area contributed by atoms with E-state index in [1.807, 2.05) is 0 Å². The van der Waals surface area contributed by atoms with Gasteiger partial charge in [0.05, 0.1) is 0 Å². The fraction of sp³-hybridized carbons (Fsp3) is 0. The number of rotatable bonds is 4. The number of hydrogen-bond acceptors (Lipinski definition) is 6. The normalized spacial score (nSPS) is 12.9. The summed E-state index contributed by atoms with van der Waals surface area (Å²) >= 11 is 0. The Hall–Kier alpha value is -0.630. The van der Waals surface area contributed by atoms with Gasteiger partial charge in [0, 0.05) is 0 Å². The van der Waals surface area contributed by atoms with E-state index >= 15 is 0 Å². The van der Waals surface area contributed by atoms with Gasteiger partial charge in [-0.2, -0.15) is 0 Å². The number of benzene rings is 4. The summed E-state index contributed by atoms with van der Waals surface area (Å²) in [6, 6.07) is 29.5. The van der Waals surface area contributed by atoms with Crippen LogP contribution < -0.4 is 50.6 Å². The average molecular weight is 663 g/mol. The van der Waals surface area contributed by atoms with Gasteiger partial charge in [-0.1, -0.05) is 0 Å². The Kier molecular flexibility index (Phi) is 13.0. The van der Waals surface area contributed by atoms with Crippen LogP contribution in [0.4, 0.5) is 0 Å². The molecular weight excluding hydrogens is 642 g/mol. The molecule has 0 atom stereocenters. The molecule has 0 aromatic heterocycles. The molecule has 0 fully saturated rings. The van der Waals surface area contributed by atoms with E-state index in [1.165, 1.54) is 97.1 Å². The Morgan fingerprint density at radius 1 is 0.286 bits per heavy atom. The number of hydrogen-bond donors (Lipinski definition) is 0. The molecule has 0 saturated carbocycles. The van der Waals surface area contributed by atoms with E-state index in [9.17, 15) is 29.4 Å². The summed E-state index contributed by atoms with van der Waals surface area (Å²) in [6.07, 6.45) is 0. The molecule has 0 N–H and O–H groups in total. The van der Waals surface area contributed by atoms with Crippen LogP contribution in [-0.4, -0.2) is 0 Å². The summed E-state index contributed by atoms with van der Waals surface area (Å²) in [5, 5.41) is -0.779. The van der Waals surface area contributed by atoms with Crippen molar-refractivity contribution < 1.29 is 87.8 Å². The van der Waals surface area contributed by atoms with Gasteiger partial charge in [-0.25, -0.2) is 0 Å². The third kappa shape index (κ3) is 8.18. The van der Waals surface area contributed by atoms with Crippen LogP contribution in [0.25, 0.3) is 0 Å². The first-order chi connectivity index (χ1) is 15.0. The van der Waals surface area contributed by atoms with E-state index in [2.05, 4.69) is 0 Å². The molecule has 0 aliphatic carbocycles. The molecule has 6 nitrogen and oxygen atoms in total. The van der Waals surface area contributed by atoms with Crippen molar-refractivity contribution in [1.82, 2.24) is 0 Å². The smallest absolute Gasteiger partial charge is 2.00 e. The SMILES string of the molecule is [O-]P([O-])([O-])(c1ccccc1)c1ccccc1.[O-]P([O-])([O-])(c1ccccc1)c1ccccc1.[Zn+2].[Zn+2].[Zn+2]. The fourth-order valence-corrected chi connectivity index (χ4v) is 6.38. The van der Waals surface area contributed by atoms with Crippen LogP contribution in [0.15, 0.2) is 121 Å². The molecule has 0 saturated heterocycles. The Morgan fingerprint density at radius 2 is 0.429 bits per heavy atom. The van der Waals surface area contributed by atoms with Gasteiger partial charge in [0.25, 0.3) is 0 Å². The standard InChI is InChI=1S/2C12H10O3P.3Zn/c2*13-16(14,15,11-7-3-1-4-8-11)12-9-5-2-6-10-12;;;/h2*1-10H;;;/q2*-3;3*+2. The second kappa shape index (κ2) is 13.3. The molecule has 4 aromatic rings. The Bertz CT molecular complexity index is 971. The first kappa shape index (κ1) is 34.4. The Balaban J connectivity index is 0.000000608. The summed E-state index contributed by atoms with van der Waals surface area (Å²) in [7, 11) is -11.4. The van der Waals surface area contributed by atoms with Crippen LogP contribution in [-0.2, 0) is 58.4 Å². The predicted octanol–water partition coefficient (Wildman–Crippen LogP) is -1.97. The molecule has 0 bridgehead atoms. The summed E-state index contributed by atoms with van der Waals surface area (Å²) in [5.41, 5.74) is 0. The first-order valence-corrected chi connectivity index (χ1v) is 13.6. The van der Waals surface area contributed by atoms with Gasteiger partial charge in [-0.15, -0.1) is 0 Å². The molecule has 0 unspecified atom stereocenters. The van der Waals surface area contributed by atoms with Gasteiger partial charge in [0.1, 0.15) is 0 Å². The minimum Gasteiger partial charge on any atom is 2.00 e. The molecule has 0 radical (unpaired) electrons. The molecule has 0 heterocycles. The fourth-order valence-electron chi connectivity index (χ4n) is 3.04. The zero-order chi connectivity index (χ0) is 23.3. The predicted molar refractivity (Wildman–Crippen MR) is 118 cm³/mol. The van der Waals surface area contributed by atoms with Crippen LogP contribution in [0.3, 0.4) is 0 Å². The average Bonchev–Trinajstić information content (AvgIpc) is 2.81. The minimum absolute atomic E-state index is 0. The van der Waals surface area contributed by atoms with Crippen LogP contribution in [0.1, 0.15) is 0 Å². The molecule has 0 amide bonds. The molecule has 35 heavy (non-hydrogen) atoms. The zero-order valence-electron chi connectivity index (χ0n) is 19.0. The van der Waals surface area contributed by atoms with Crippen molar-refractivity contribution in [3.63, 3.8) is 0 Å². The van der Waals surface area contributed by atoms with Gasteiger partial charge in [0.15, 0.2) is 0 Å². The van der Waals surface area contributed by atoms with E-state index in [0.717, 1.165) is 0 Å². The minimum atomic E-state index is -5.68. The van der Waals surface area contributed by atoms with E-state index < -0.39 is 14.6 Å². The van der Waals surface area contributed by atoms with Crippen molar-refractivity contribution >= 4 is 35.8 Å². The largest absolute Gasteiger partial charge is 2.00 e. The Labute approximate surface area is 243 Å². The maximum atomic E-state index is 12.1. The molecular formula is C24H20O6P2Zn3. The van der Waals surface area contributed by atoms with Gasteiger partial charge in [-0.05, 0) is 0 Å². The zero-order valence-corrected chi connectivity index (χ0v) is 29.7. The van der Waals surface area contributed by atoms with Crippen molar-refractivity contribution in [2.75, 3.05) is 0 Å². The Morgan fingerprint density at radius 3 is 0.571 bits per heavy atom. The molecule has 168 valence electrons. The van der Waals surface area contributed by atoms with Crippen molar-refractivity contribution in [3.8, 4) is 0 Å². The van der Waals surface area contributed by atoms with Crippen LogP contribution in [0.2, 0.25) is 0 Å². The van der Waals surface area contributed by atoms with Crippen LogP contribution >= 0.6 is 14.6 Å². The van der Waals surface area contributed by atoms with E-state index in [4.69, 9.17) is 0 Å². The van der Waals surface area contributed by atoms with Gasteiger partial charge in [-0.3, -0.25) is 0 Å². The maximum absolute atomic E-state index is 12.1. The molecule has 0 aliphatic rings. The summed E-state index contributed by atoms with van der Waals surface area (Å²) < 4.78 is 0. The van der Waals surface area contributed by atoms with Gasteiger partial charge >= 0.3 is 245 Å². The van der Waals surface area contributed by atoms with Gasteiger partial charge < -0.3 is 0 Å². The third-order valence-electron chi connectivity index (χ3n) is 4.81. The summed E-state index contributed by atoms with van der Waals surface area (Å²) in [6.45, 7) is 0. The van der Waals surface area contributed by atoms with Crippen molar-refractivity contribution in [3.05, 3.63) is 121 Å². The summed E-state index contributed by atoms with van der Waals surface area (Å²) in [4.78, 5) is 72.6. The van der Waals surface area contributed by atoms with Crippen LogP contribution in [0, 0.1) is 0 Å². The second-order valence-corrected chi connectivity index (χ2v) is 12.7. The van der Waals surface area contributed by atoms with Gasteiger partial charge in [0.2, 0.25) is 0 Å². The first-order valence-electron chi connectivity index (χ1n) is 9.63. The molecule has 0 spiro atoms. The molecule has 11 heteroatoms. The van der Waals surface area contributed by atoms with Crippen molar-refractivity contribution in [2.45, 2.75) is 0 Å². The van der Waals surface area contributed by atoms with Crippen molar-refractivity contribution in [1.29, 1.82) is 0 Å². The monoisotopic (exact) mass is 658 g/mol. The van der Waals surface area contributed by atoms with E-state index in [0.29, 0.717) is 0 Å². The molecule has 4 rings (SSSR count). The summed E-state index contributed by atoms with van der Waals surface area (Å²) in [5.74, 6) is 0.